The molecule has 0 saturated heterocycles. The Bertz CT molecular complexity index is 751. The number of amides is 1. The predicted octanol–water partition coefficient (Wildman–Crippen LogP) is 4.36. The van der Waals surface area contributed by atoms with Crippen molar-refractivity contribution in [3.63, 3.8) is 0 Å². The van der Waals surface area contributed by atoms with E-state index in [-0.39, 0.29) is 5.91 Å². The van der Waals surface area contributed by atoms with E-state index in [2.05, 4.69) is 5.32 Å². The zero-order valence-electron chi connectivity index (χ0n) is 14.6. The Kier molecular flexibility index (Phi) is 6.01. The van der Waals surface area contributed by atoms with Gasteiger partial charge in [0.1, 0.15) is 0 Å². The molecular weight excluding hydrogens is 302 g/mol. The summed E-state index contributed by atoms with van der Waals surface area (Å²) in [7, 11) is 1.60. The van der Waals surface area contributed by atoms with Gasteiger partial charge in [-0.1, -0.05) is 18.2 Å². The molecule has 0 saturated carbocycles. The number of aryl methyl sites for hydroxylation is 1. The summed E-state index contributed by atoms with van der Waals surface area (Å²) in [6, 6.07) is 11.4. The standard InChI is InChI=1S/C20H23NO3/c1-5-24-18-11-9-16(13-19(18)23-4)10-12-20(22)21-17-8-6-7-14(2)15(17)3/h6-13H,5H2,1-4H3,(H,21,22). The highest BCUT2D eigenvalue weighted by Crippen LogP contribution is 2.28. The minimum atomic E-state index is -0.170. The predicted molar refractivity (Wildman–Crippen MR) is 97.7 cm³/mol. The average Bonchev–Trinajstić information content (AvgIpc) is 2.58. The molecule has 24 heavy (non-hydrogen) atoms. The molecule has 0 aliphatic rings. The van der Waals surface area contributed by atoms with Gasteiger partial charge < -0.3 is 14.8 Å². The number of methoxy groups -OCH3 is 1. The van der Waals surface area contributed by atoms with Crippen LogP contribution >= 0.6 is 0 Å². The monoisotopic (exact) mass is 325 g/mol. The van der Waals surface area contributed by atoms with Gasteiger partial charge in [-0.15, -0.1) is 0 Å². The first-order valence-electron chi connectivity index (χ1n) is 7.91. The minimum Gasteiger partial charge on any atom is -0.493 e. The Balaban J connectivity index is 2.10. The normalized spacial score (nSPS) is 10.7. The molecule has 0 radical (unpaired) electrons. The maximum Gasteiger partial charge on any atom is 0.248 e. The van der Waals surface area contributed by atoms with Gasteiger partial charge in [0, 0.05) is 11.8 Å². The topological polar surface area (TPSA) is 47.6 Å². The summed E-state index contributed by atoms with van der Waals surface area (Å²) in [5.41, 5.74) is 3.91. The van der Waals surface area contributed by atoms with Crippen molar-refractivity contribution in [1.29, 1.82) is 0 Å². The maximum absolute atomic E-state index is 12.1. The van der Waals surface area contributed by atoms with E-state index in [1.54, 1.807) is 13.2 Å². The lowest BCUT2D eigenvalue weighted by Crippen LogP contribution is -2.09. The van der Waals surface area contributed by atoms with Gasteiger partial charge in [0.25, 0.3) is 0 Å². The second-order valence-electron chi connectivity index (χ2n) is 5.41. The van der Waals surface area contributed by atoms with Crippen LogP contribution in [-0.2, 0) is 4.79 Å². The minimum absolute atomic E-state index is 0.170. The van der Waals surface area contributed by atoms with Gasteiger partial charge in [0.15, 0.2) is 11.5 Å². The van der Waals surface area contributed by atoms with Crippen molar-refractivity contribution in [2.75, 3.05) is 19.0 Å². The van der Waals surface area contributed by atoms with Crippen LogP contribution in [0.3, 0.4) is 0 Å². The molecule has 4 nitrogen and oxygen atoms in total. The smallest absolute Gasteiger partial charge is 0.248 e. The first-order chi connectivity index (χ1) is 11.5. The number of benzene rings is 2. The summed E-state index contributed by atoms with van der Waals surface area (Å²) in [5, 5.41) is 2.90. The molecule has 0 aromatic heterocycles. The van der Waals surface area contributed by atoms with Gasteiger partial charge in [-0.25, -0.2) is 0 Å². The van der Waals surface area contributed by atoms with Crippen molar-refractivity contribution in [3.8, 4) is 11.5 Å². The number of carbonyl (C=O) groups is 1. The lowest BCUT2D eigenvalue weighted by Gasteiger charge is -2.10. The van der Waals surface area contributed by atoms with Gasteiger partial charge >= 0.3 is 0 Å². The number of anilines is 1. The molecule has 0 bridgehead atoms. The molecule has 1 N–H and O–H groups in total. The maximum atomic E-state index is 12.1. The Morgan fingerprint density at radius 3 is 2.67 bits per heavy atom. The van der Waals surface area contributed by atoms with Crippen molar-refractivity contribution < 1.29 is 14.3 Å². The van der Waals surface area contributed by atoms with Crippen molar-refractivity contribution in [3.05, 3.63) is 59.2 Å². The summed E-state index contributed by atoms with van der Waals surface area (Å²) in [4.78, 5) is 12.1. The highest BCUT2D eigenvalue weighted by atomic mass is 16.5. The zero-order valence-corrected chi connectivity index (χ0v) is 14.6. The molecule has 0 atom stereocenters. The lowest BCUT2D eigenvalue weighted by molar-refractivity contribution is -0.111. The summed E-state index contributed by atoms with van der Waals surface area (Å²) in [6.07, 6.45) is 3.26. The van der Waals surface area contributed by atoms with Crippen LogP contribution in [0, 0.1) is 13.8 Å². The quantitative estimate of drug-likeness (QED) is 0.803. The number of rotatable bonds is 6. The Morgan fingerprint density at radius 1 is 1.17 bits per heavy atom. The molecule has 126 valence electrons. The molecule has 0 aliphatic carbocycles. The number of ether oxygens (including phenoxy) is 2. The van der Waals surface area contributed by atoms with Gasteiger partial charge in [-0.3, -0.25) is 4.79 Å². The van der Waals surface area contributed by atoms with Crippen LogP contribution in [0.2, 0.25) is 0 Å². The van der Waals surface area contributed by atoms with Crippen LogP contribution in [-0.4, -0.2) is 19.6 Å². The highest BCUT2D eigenvalue weighted by molar-refractivity contribution is 6.02. The molecule has 2 aromatic carbocycles. The fraction of sp³-hybridized carbons (Fsp3) is 0.250. The molecule has 0 aliphatic heterocycles. The van der Waals surface area contributed by atoms with E-state index in [1.807, 2.05) is 57.2 Å². The van der Waals surface area contributed by atoms with Crippen LogP contribution in [0.25, 0.3) is 6.08 Å². The molecule has 2 rings (SSSR count). The van der Waals surface area contributed by atoms with Gasteiger partial charge in [-0.05, 0) is 61.7 Å². The number of nitrogens with one attached hydrogen (secondary N) is 1. The third-order valence-corrected chi connectivity index (χ3v) is 3.78. The molecular formula is C20H23NO3. The second-order valence-corrected chi connectivity index (χ2v) is 5.41. The van der Waals surface area contributed by atoms with Gasteiger partial charge in [0.05, 0.1) is 13.7 Å². The van der Waals surface area contributed by atoms with Crippen LogP contribution in [0.15, 0.2) is 42.5 Å². The fourth-order valence-corrected chi connectivity index (χ4v) is 2.30. The van der Waals surface area contributed by atoms with E-state index >= 15 is 0 Å². The van der Waals surface area contributed by atoms with Crippen molar-refractivity contribution in [1.82, 2.24) is 0 Å². The third-order valence-electron chi connectivity index (χ3n) is 3.78. The van der Waals surface area contributed by atoms with E-state index in [0.717, 1.165) is 22.4 Å². The van der Waals surface area contributed by atoms with Crippen molar-refractivity contribution in [2.45, 2.75) is 20.8 Å². The molecule has 4 heteroatoms. The molecule has 2 aromatic rings. The van der Waals surface area contributed by atoms with Crippen molar-refractivity contribution in [2.24, 2.45) is 0 Å². The van der Waals surface area contributed by atoms with Crippen LogP contribution < -0.4 is 14.8 Å². The van der Waals surface area contributed by atoms with E-state index in [4.69, 9.17) is 9.47 Å². The summed E-state index contributed by atoms with van der Waals surface area (Å²) in [6.45, 7) is 6.51. The van der Waals surface area contributed by atoms with E-state index in [0.29, 0.717) is 18.1 Å². The third kappa shape index (κ3) is 4.38. The van der Waals surface area contributed by atoms with Crippen LogP contribution in [0.1, 0.15) is 23.6 Å². The Hall–Kier alpha value is -2.75. The fourth-order valence-electron chi connectivity index (χ4n) is 2.30. The second kappa shape index (κ2) is 8.20. The molecule has 0 heterocycles. The number of hydrogen-bond donors (Lipinski definition) is 1. The SMILES string of the molecule is CCOc1ccc(C=CC(=O)Nc2cccc(C)c2C)cc1OC. The largest absolute Gasteiger partial charge is 0.493 e. The number of hydrogen-bond acceptors (Lipinski definition) is 3. The Morgan fingerprint density at radius 2 is 1.96 bits per heavy atom. The molecule has 0 spiro atoms. The van der Waals surface area contributed by atoms with Crippen LogP contribution in [0.4, 0.5) is 5.69 Å². The van der Waals surface area contributed by atoms with Crippen molar-refractivity contribution >= 4 is 17.7 Å². The Labute approximate surface area is 143 Å². The van der Waals surface area contributed by atoms with Gasteiger partial charge in [0.2, 0.25) is 5.91 Å². The number of carbonyl (C=O) groups excluding carboxylic acids is 1. The summed E-state index contributed by atoms with van der Waals surface area (Å²) in [5.74, 6) is 1.17. The first-order valence-corrected chi connectivity index (χ1v) is 7.91. The van der Waals surface area contributed by atoms with E-state index < -0.39 is 0 Å². The van der Waals surface area contributed by atoms with E-state index in [1.165, 1.54) is 6.08 Å². The molecule has 0 fully saturated rings. The van der Waals surface area contributed by atoms with E-state index in [9.17, 15) is 4.79 Å². The van der Waals surface area contributed by atoms with Gasteiger partial charge in [-0.2, -0.15) is 0 Å². The highest BCUT2D eigenvalue weighted by Gasteiger charge is 2.05. The molecule has 1 amide bonds. The summed E-state index contributed by atoms with van der Waals surface area (Å²) < 4.78 is 10.8. The first kappa shape index (κ1) is 17.6. The van der Waals surface area contributed by atoms with Crippen LogP contribution in [0.5, 0.6) is 11.5 Å². The lowest BCUT2D eigenvalue weighted by atomic mass is 10.1. The summed E-state index contributed by atoms with van der Waals surface area (Å²) >= 11 is 0. The average molecular weight is 325 g/mol. The zero-order chi connectivity index (χ0) is 17.5. The molecule has 0 unspecified atom stereocenters.